The van der Waals surface area contributed by atoms with Gasteiger partial charge in [-0.05, 0) is 12.8 Å². The zero-order valence-corrected chi connectivity index (χ0v) is 9.85. The van der Waals surface area contributed by atoms with E-state index in [1.54, 1.807) is 0 Å². The molecule has 8 heteroatoms. The van der Waals surface area contributed by atoms with Crippen molar-refractivity contribution in [3.05, 3.63) is 0 Å². The molecule has 1 aliphatic rings. The van der Waals surface area contributed by atoms with Crippen molar-refractivity contribution in [1.29, 1.82) is 0 Å². The number of rotatable bonds is 5. The van der Waals surface area contributed by atoms with Crippen LogP contribution in [-0.2, 0) is 14.3 Å². The lowest BCUT2D eigenvalue weighted by molar-refractivity contribution is -0.140. The first kappa shape index (κ1) is 14.2. The van der Waals surface area contributed by atoms with Gasteiger partial charge in [0.25, 0.3) is 0 Å². The molecule has 0 bridgehead atoms. The number of carboxylic acid groups (broad SMARTS) is 1. The number of hydrogen-bond donors (Lipinski definition) is 4. The lowest BCUT2D eigenvalue weighted by Crippen LogP contribution is -2.51. The Hall–Kier alpha value is -1.83. The van der Waals surface area contributed by atoms with E-state index in [-0.39, 0.29) is 6.04 Å². The Morgan fingerprint density at radius 1 is 1.44 bits per heavy atom. The molecule has 1 aliphatic heterocycles. The topological polar surface area (TPSA) is 131 Å². The third-order valence-corrected chi connectivity index (χ3v) is 2.50. The van der Waals surface area contributed by atoms with E-state index in [0.717, 1.165) is 12.8 Å². The molecule has 1 unspecified atom stereocenters. The van der Waals surface area contributed by atoms with Crippen molar-refractivity contribution in [1.82, 2.24) is 10.6 Å². The summed E-state index contributed by atoms with van der Waals surface area (Å²) in [5.74, 6) is -2.09. The van der Waals surface area contributed by atoms with Crippen LogP contribution in [0.15, 0.2) is 0 Å². The highest BCUT2D eigenvalue weighted by Gasteiger charge is 2.23. The van der Waals surface area contributed by atoms with Crippen LogP contribution in [-0.4, -0.2) is 48.3 Å². The average molecular weight is 259 g/mol. The fourth-order valence-electron chi connectivity index (χ4n) is 1.64. The Balaban J connectivity index is 2.40. The summed E-state index contributed by atoms with van der Waals surface area (Å²) in [4.78, 5) is 33.0. The van der Waals surface area contributed by atoms with Crippen LogP contribution in [0.25, 0.3) is 0 Å². The van der Waals surface area contributed by atoms with Crippen LogP contribution in [0, 0.1) is 0 Å². The highest BCUT2D eigenvalue weighted by atomic mass is 16.5. The van der Waals surface area contributed by atoms with Crippen LogP contribution in [0.3, 0.4) is 0 Å². The minimum atomic E-state index is -1.31. The van der Waals surface area contributed by atoms with Crippen molar-refractivity contribution in [2.75, 3.05) is 13.2 Å². The summed E-state index contributed by atoms with van der Waals surface area (Å²) < 4.78 is 5.17. The van der Waals surface area contributed by atoms with Crippen molar-refractivity contribution in [3.63, 3.8) is 0 Å². The molecule has 1 rings (SSSR count). The molecule has 2 atom stereocenters. The van der Waals surface area contributed by atoms with Gasteiger partial charge in [0.2, 0.25) is 5.91 Å². The molecule has 0 spiro atoms. The standard InChI is InChI=1S/C10H17N3O5/c11-8(14)4-7(9(15)16)13-10(17)12-6-2-1-3-18-5-6/h6-7H,1-5H2,(H2,11,14)(H,15,16)(H2,12,13,17)/t6?,7-/m0/s1. The lowest BCUT2D eigenvalue weighted by atomic mass is 10.1. The summed E-state index contributed by atoms with van der Waals surface area (Å²) in [6, 6.07) is -2.09. The second-order valence-electron chi connectivity index (χ2n) is 4.09. The van der Waals surface area contributed by atoms with E-state index in [1.807, 2.05) is 0 Å². The Morgan fingerprint density at radius 3 is 2.67 bits per heavy atom. The number of amides is 3. The SMILES string of the molecule is NC(=O)C[C@H](NC(=O)NC1CCCOC1)C(=O)O. The number of ether oxygens (including phenoxy) is 1. The molecule has 0 radical (unpaired) electrons. The number of carbonyl (C=O) groups is 3. The molecule has 0 aromatic carbocycles. The van der Waals surface area contributed by atoms with Gasteiger partial charge >= 0.3 is 12.0 Å². The minimum absolute atomic E-state index is 0.137. The number of primary amides is 1. The molecule has 0 aliphatic carbocycles. The molecule has 5 N–H and O–H groups in total. The maximum absolute atomic E-state index is 11.5. The summed E-state index contributed by atoms with van der Waals surface area (Å²) in [7, 11) is 0. The molecule has 1 saturated heterocycles. The quantitative estimate of drug-likeness (QED) is 0.492. The summed E-state index contributed by atoms with van der Waals surface area (Å²) in [5, 5.41) is 13.6. The van der Waals surface area contributed by atoms with Gasteiger partial charge in [0.05, 0.1) is 19.1 Å². The number of nitrogens with two attached hydrogens (primary N) is 1. The number of carboxylic acids is 1. The largest absolute Gasteiger partial charge is 0.480 e. The van der Waals surface area contributed by atoms with Gasteiger partial charge in [0.1, 0.15) is 6.04 Å². The highest BCUT2D eigenvalue weighted by molar-refractivity contribution is 5.87. The number of carbonyl (C=O) groups excluding carboxylic acids is 2. The Labute approximate surface area is 104 Å². The Morgan fingerprint density at radius 2 is 2.17 bits per heavy atom. The third kappa shape index (κ3) is 5.00. The van der Waals surface area contributed by atoms with Crippen molar-refractivity contribution in [2.45, 2.75) is 31.3 Å². The average Bonchev–Trinajstić information content (AvgIpc) is 2.28. The minimum Gasteiger partial charge on any atom is -0.480 e. The van der Waals surface area contributed by atoms with Gasteiger partial charge in [-0.15, -0.1) is 0 Å². The van der Waals surface area contributed by atoms with E-state index in [9.17, 15) is 14.4 Å². The van der Waals surface area contributed by atoms with E-state index in [1.165, 1.54) is 0 Å². The summed E-state index contributed by atoms with van der Waals surface area (Å²) >= 11 is 0. The fourth-order valence-corrected chi connectivity index (χ4v) is 1.64. The van der Waals surface area contributed by atoms with Gasteiger partial charge in [0, 0.05) is 6.61 Å². The molecule has 8 nitrogen and oxygen atoms in total. The van der Waals surface area contributed by atoms with Gasteiger partial charge in [-0.25, -0.2) is 9.59 Å². The van der Waals surface area contributed by atoms with E-state index in [2.05, 4.69) is 10.6 Å². The second kappa shape index (κ2) is 6.80. The molecule has 102 valence electrons. The van der Waals surface area contributed by atoms with E-state index >= 15 is 0 Å². The van der Waals surface area contributed by atoms with E-state index < -0.39 is 30.4 Å². The van der Waals surface area contributed by atoms with E-state index in [4.69, 9.17) is 15.6 Å². The predicted molar refractivity (Wildman–Crippen MR) is 60.7 cm³/mol. The van der Waals surface area contributed by atoms with Gasteiger partial charge < -0.3 is 26.2 Å². The van der Waals surface area contributed by atoms with Crippen LogP contribution >= 0.6 is 0 Å². The van der Waals surface area contributed by atoms with Crippen molar-refractivity contribution in [2.24, 2.45) is 5.73 Å². The van der Waals surface area contributed by atoms with Gasteiger partial charge in [0.15, 0.2) is 0 Å². The van der Waals surface area contributed by atoms with Crippen molar-refractivity contribution < 1.29 is 24.2 Å². The molecule has 18 heavy (non-hydrogen) atoms. The first-order valence-electron chi connectivity index (χ1n) is 5.65. The van der Waals surface area contributed by atoms with Crippen molar-refractivity contribution >= 4 is 17.9 Å². The molecule has 0 saturated carbocycles. The summed E-state index contributed by atoms with van der Waals surface area (Å²) in [6.45, 7) is 1.07. The molecule has 0 aromatic rings. The monoisotopic (exact) mass is 259 g/mol. The Kier molecular flexibility index (Phi) is 5.37. The molecule has 3 amide bonds. The van der Waals surface area contributed by atoms with Gasteiger partial charge in [-0.3, -0.25) is 4.79 Å². The predicted octanol–water partition coefficient (Wildman–Crippen LogP) is -1.21. The second-order valence-corrected chi connectivity index (χ2v) is 4.09. The van der Waals surface area contributed by atoms with Crippen LogP contribution in [0.2, 0.25) is 0 Å². The van der Waals surface area contributed by atoms with Gasteiger partial charge in [-0.2, -0.15) is 0 Å². The maximum Gasteiger partial charge on any atom is 0.326 e. The molecular formula is C10H17N3O5. The third-order valence-electron chi connectivity index (χ3n) is 2.50. The summed E-state index contributed by atoms with van der Waals surface area (Å²) in [5.41, 5.74) is 4.90. The fraction of sp³-hybridized carbons (Fsp3) is 0.700. The molecule has 1 heterocycles. The molecular weight excluding hydrogens is 242 g/mol. The van der Waals surface area contributed by atoms with Gasteiger partial charge in [-0.1, -0.05) is 0 Å². The van der Waals surface area contributed by atoms with Crippen LogP contribution in [0.1, 0.15) is 19.3 Å². The zero-order chi connectivity index (χ0) is 13.5. The van der Waals surface area contributed by atoms with Crippen LogP contribution in [0.4, 0.5) is 4.79 Å². The normalized spacial score (nSPS) is 20.8. The number of urea groups is 1. The molecule has 1 fully saturated rings. The first-order chi connectivity index (χ1) is 8.49. The number of hydrogen-bond acceptors (Lipinski definition) is 4. The van der Waals surface area contributed by atoms with E-state index in [0.29, 0.717) is 13.2 Å². The zero-order valence-electron chi connectivity index (χ0n) is 9.85. The smallest absolute Gasteiger partial charge is 0.326 e. The van der Waals surface area contributed by atoms with Crippen LogP contribution in [0.5, 0.6) is 0 Å². The van der Waals surface area contributed by atoms with Crippen molar-refractivity contribution in [3.8, 4) is 0 Å². The first-order valence-corrected chi connectivity index (χ1v) is 5.65. The number of aliphatic carboxylic acids is 1. The maximum atomic E-state index is 11.5. The Bertz CT molecular complexity index is 327. The molecule has 0 aromatic heterocycles. The summed E-state index contributed by atoms with van der Waals surface area (Å²) in [6.07, 6.45) is 1.18. The highest BCUT2D eigenvalue weighted by Crippen LogP contribution is 2.05. The lowest BCUT2D eigenvalue weighted by Gasteiger charge is -2.24. The van der Waals surface area contributed by atoms with Crippen LogP contribution < -0.4 is 16.4 Å². The number of nitrogens with one attached hydrogen (secondary N) is 2.